The molecule has 6 aromatic rings. The van der Waals surface area contributed by atoms with Gasteiger partial charge in [-0.15, -0.1) is 0 Å². The van der Waals surface area contributed by atoms with Crippen LogP contribution in [0.3, 0.4) is 0 Å². The maximum atomic E-state index is 13.7. The van der Waals surface area contributed by atoms with E-state index in [0.717, 1.165) is 62.9 Å². The molecule has 12 heteroatoms. The van der Waals surface area contributed by atoms with E-state index < -0.39 is 12.1 Å². The molecule has 52 heavy (non-hydrogen) atoms. The highest BCUT2D eigenvalue weighted by Crippen LogP contribution is 2.36. The predicted molar refractivity (Wildman–Crippen MR) is 200 cm³/mol. The van der Waals surface area contributed by atoms with Crippen molar-refractivity contribution in [1.82, 2.24) is 40.4 Å². The summed E-state index contributed by atoms with van der Waals surface area (Å²) in [6.07, 6.45) is 2.77. The Bertz CT molecular complexity index is 2210. The lowest BCUT2D eigenvalue weighted by atomic mass is 9.98. The number of carbonyl (C=O) groups excluding carboxylic acids is 3. The molecule has 1 aliphatic heterocycles. The molecule has 0 radical (unpaired) electrons. The summed E-state index contributed by atoms with van der Waals surface area (Å²) in [5.41, 5.74) is 6.52. The Morgan fingerprint density at radius 1 is 0.981 bits per heavy atom. The fraction of sp³-hybridized carbons (Fsp3) is 0.275. The minimum Gasteiger partial charge on any atom is -0.453 e. The van der Waals surface area contributed by atoms with Crippen LogP contribution in [0, 0.1) is 0 Å². The average molecular weight is 699 g/mol. The van der Waals surface area contributed by atoms with Crippen molar-refractivity contribution in [1.29, 1.82) is 0 Å². The van der Waals surface area contributed by atoms with E-state index in [2.05, 4.69) is 81.0 Å². The first-order valence-corrected chi connectivity index (χ1v) is 17.6. The molecule has 7 rings (SSSR count). The number of aromatic amines is 2. The molecule has 0 spiro atoms. The zero-order valence-electron chi connectivity index (χ0n) is 29.5. The molecule has 1 saturated heterocycles. The minimum atomic E-state index is -0.863. The summed E-state index contributed by atoms with van der Waals surface area (Å²) in [5, 5.41) is 7.77. The fourth-order valence-electron chi connectivity index (χ4n) is 6.82. The Morgan fingerprint density at radius 3 is 2.46 bits per heavy atom. The van der Waals surface area contributed by atoms with Gasteiger partial charge in [0.15, 0.2) is 0 Å². The summed E-state index contributed by atoms with van der Waals surface area (Å²) in [7, 11) is 3.06. The molecule has 4 aromatic carbocycles. The first-order valence-electron chi connectivity index (χ1n) is 17.6. The summed E-state index contributed by atoms with van der Waals surface area (Å²) in [5.74, 6) is 1.31. The Labute approximate surface area is 301 Å². The largest absolute Gasteiger partial charge is 0.453 e. The van der Waals surface area contributed by atoms with Gasteiger partial charge in [0.1, 0.15) is 17.7 Å². The number of ether oxygens (including phenoxy) is 1. The van der Waals surface area contributed by atoms with E-state index in [1.54, 1.807) is 18.1 Å². The van der Waals surface area contributed by atoms with Crippen molar-refractivity contribution in [2.45, 2.75) is 38.4 Å². The van der Waals surface area contributed by atoms with Crippen LogP contribution in [0.2, 0.25) is 0 Å². The van der Waals surface area contributed by atoms with E-state index in [1.165, 1.54) is 7.11 Å². The maximum Gasteiger partial charge on any atom is 0.407 e. The van der Waals surface area contributed by atoms with Gasteiger partial charge in [-0.05, 0) is 59.7 Å². The summed E-state index contributed by atoms with van der Waals surface area (Å²) < 4.78 is 4.79. The van der Waals surface area contributed by atoms with Crippen molar-refractivity contribution in [3.63, 3.8) is 0 Å². The SMILES string of the molecule is CCCN(Cc1nc2c(ccc3cc(-c4ccc(-c5cnc(C6CCN6C(=O)[C@H](NC(=O)OC)c6ccccc6)[nH]5)cc4)ccc32)[nH]1)C(=O)CNC. The lowest BCUT2D eigenvalue weighted by Crippen LogP contribution is -2.51. The molecule has 0 aliphatic carbocycles. The quantitative estimate of drug-likeness (QED) is 0.121. The molecule has 1 fully saturated rings. The standard InChI is InChI=1S/C40H42N8O4/c1-4-19-47(35(49)23-41-2)24-34-43-31-17-15-29-21-28(14-16-30(29)37(31)45-34)25-10-12-26(13-11-25)32-22-42-38(44-32)33-18-20-48(33)39(50)36(46-40(51)52-3)27-8-6-5-7-9-27/h5-17,21-22,33,36,41H,4,18-20,23-24H2,1-3H3,(H,42,44)(H,43,45)(H,46,51)/t33?,36-/m1/s1. The molecule has 12 nitrogen and oxygen atoms in total. The van der Waals surface area contributed by atoms with Gasteiger partial charge in [0.2, 0.25) is 5.91 Å². The highest BCUT2D eigenvalue weighted by atomic mass is 16.5. The van der Waals surface area contributed by atoms with Crippen LogP contribution >= 0.6 is 0 Å². The van der Waals surface area contributed by atoms with E-state index in [1.807, 2.05) is 41.3 Å². The number of carbonyl (C=O) groups is 3. The predicted octanol–water partition coefficient (Wildman–Crippen LogP) is 6.10. The number of hydrogen-bond donors (Lipinski definition) is 4. The number of rotatable bonds is 12. The van der Waals surface area contributed by atoms with Gasteiger partial charge >= 0.3 is 6.09 Å². The molecule has 2 aromatic heterocycles. The van der Waals surface area contributed by atoms with Crippen LogP contribution in [-0.4, -0.2) is 81.4 Å². The number of imidazole rings is 2. The van der Waals surface area contributed by atoms with Gasteiger partial charge in [-0.1, -0.05) is 79.7 Å². The monoisotopic (exact) mass is 698 g/mol. The van der Waals surface area contributed by atoms with Crippen molar-refractivity contribution in [2.24, 2.45) is 0 Å². The molecule has 266 valence electrons. The highest BCUT2D eigenvalue weighted by Gasteiger charge is 2.39. The number of likely N-dealkylation sites (N-methyl/N-ethyl adjacent to an activating group) is 1. The number of hydrogen-bond acceptors (Lipinski definition) is 7. The van der Waals surface area contributed by atoms with Crippen molar-refractivity contribution in [3.8, 4) is 22.4 Å². The van der Waals surface area contributed by atoms with Gasteiger partial charge in [-0.25, -0.2) is 14.8 Å². The van der Waals surface area contributed by atoms with Crippen LogP contribution in [0.4, 0.5) is 4.79 Å². The van der Waals surface area contributed by atoms with E-state index in [4.69, 9.17) is 9.72 Å². The van der Waals surface area contributed by atoms with Gasteiger partial charge in [-0.3, -0.25) is 9.59 Å². The van der Waals surface area contributed by atoms with Gasteiger partial charge < -0.3 is 35.1 Å². The van der Waals surface area contributed by atoms with E-state index in [9.17, 15) is 14.4 Å². The highest BCUT2D eigenvalue weighted by molar-refractivity contribution is 6.05. The third kappa shape index (κ3) is 6.97. The number of amides is 3. The smallest absolute Gasteiger partial charge is 0.407 e. The Hall–Kier alpha value is -6.01. The molecule has 2 atom stereocenters. The third-order valence-corrected chi connectivity index (χ3v) is 9.60. The number of alkyl carbamates (subject to hydrolysis) is 1. The van der Waals surface area contributed by atoms with Gasteiger partial charge in [0, 0.05) is 18.5 Å². The van der Waals surface area contributed by atoms with Crippen LogP contribution in [-0.2, 0) is 20.9 Å². The maximum absolute atomic E-state index is 13.7. The Kier molecular flexibility index (Phi) is 9.99. The van der Waals surface area contributed by atoms with Crippen molar-refractivity contribution in [3.05, 3.63) is 108 Å². The molecule has 1 aliphatic rings. The summed E-state index contributed by atoms with van der Waals surface area (Å²) in [4.78, 5) is 58.3. The van der Waals surface area contributed by atoms with E-state index in [0.29, 0.717) is 37.6 Å². The molecule has 3 amide bonds. The fourth-order valence-corrected chi connectivity index (χ4v) is 6.82. The van der Waals surface area contributed by atoms with Crippen LogP contribution in [0.25, 0.3) is 44.2 Å². The van der Waals surface area contributed by atoms with Crippen LogP contribution in [0.5, 0.6) is 0 Å². The molecule has 1 unspecified atom stereocenters. The first kappa shape index (κ1) is 34.4. The van der Waals surface area contributed by atoms with Gasteiger partial charge in [0.05, 0.1) is 49.2 Å². The number of aromatic nitrogens is 4. The number of nitrogens with zero attached hydrogens (tertiary/aromatic N) is 4. The van der Waals surface area contributed by atoms with Crippen molar-refractivity contribution >= 4 is 39.7 Å². The minimum absolute atomic E-state index is 0.0545. The summed E-state index contributed by atoms with van der Waals surface area (Å²) in [6, 6.07) is 26.9. The molecule has 0 saturated carbocycles. The third-order valence-electron chi connectivity index (χ3n) is 9.60. The van der Waals surface area contributed by atoms with E-state index >= 15 is 0 Å². The topological polar surface area (TPSA) is 148 Å². The van der Waals surface area contributed by atoms with Crippen molar-refractivity contribution < 1.29 is 19.1 Å². The number of fused-ring (bicyclic) bond motifs is 3. The second kappa shape index (κ2) is 15.1. The zero-order valence-corrected chi connectivity index (χ0v) is 29.5. The summed E-state index contributed by atoms with van der Waals surface area (Å²) in [6.45, 7) is 4.04. The number of likely N-dealkylation sites (tertiary alicyclic amines) is 1. The van der Waals surface area contributed by atoms with Crippen LogP contribution < -0.4 is 10.6 Å². The molecule has 3 heterocycles. The molecular formula is C40H42N8O4. The molecular weight excluding hydrogens is 656 g/mol. The number of nitrogens with one attached hydrogen (secondary N) is 4. The molecule has 0 bridgehead atoms. The first-order chi connectivity index (χ1) is 25.4. The summed E-state index contributed by atoms with van der Waals surface area (Å²) >= 11 is 0. The second-order valence-corrected chi connectivity index (χ2v) is 13.0. The molecule has 4 N–H and O–H groups in total. The Morgan fingerprint density at radius 2 is 1.75 bits per heavy atom. The number of methoxy groups -OCH3 is 1. The zero-order chi connectivity index (χ0) is 36.2. The Balaban J connectivity index is 1.06. The lowest BCUT2D eigenvalue weighted by Gasteiger charge is -2.41. The number of benzene rings is 4. The normalized spacial score (nSPS) is 14.6. The second-order valence-electron chi connectivity index (χ2n) is 13.0. The van der Waals surface area contributed by atoms with E-state index in [-0.39, 0.29) is 17.9 Å². The number of H-pyrrole nitrogens is 2. The average Bonchev–Trinajstić information content (AvgIpc) is 3.81. The van der Waals surface area contributed by atoms with Crippen LogP contribution in [0.15, 0.2) is 91.1 Å². The van der Waals surface area contributed by atoms with Crippen molar-refractivity contribution in [2.75, 3.05) is 33.8 Å². The van der Waals surface area contributed by atoms with Gasteiger partial charge in [0.25, 0.3) is 5.91 Å². The van der Waals surface area contributed by atoms with Crippen LogP contribution in [0.1, 0.15) is 49.1 Å². The van der Waals surface area contributed by atoms with Gasteiger partial charge in [-0.2, -0.15) is 0 Å². The lowest BCUT2D eigenvalue weighted by molar-refractivity contribution is -0.142.